The van der Waals surface area contributed by atoms with E-state index in [4.69, 9.17) is 4.42 Å². The fourth-order valence-corrected chi connectivity index (χ4v) is 3.16. The quantitative estimate of drug-likeness (QED) is 0.892. The zero-order valence-electron chi connectivity index (χ0n) is 13.2. The third-order valence-corrected chi connectivity index (χ3v) is 4.79. The minimum atomic E-state index is -0.953. The van der Waals surface area contributed by atoms with Crippen LogP contribution in [0.15, 0.2) is 22.6 Å². The summed E-state index contributed by atoms with van der Waals surface area (Å²) in [6.45, 7) is 1.29. The van der Waals surface area contributed by atoms with E-state index < -0.39 is 6.10 Å². The molecule has 0 radical (unpaired) electrons. The zero-order chi connectivity index (χ0) is 16.7. The van der Waals surface area contributed by atoms with Crippen LogP contribution in [0.4, 0.5) is 10.4 Å². The Bertz CT molecular complexity index is 751. The number of amides is 1. The Morgan fingerprint density at radius 2 is 2.08 bits per heavy atom. The number of nitrogens with one attached hydrogen (secondary N) is 1. The van der Waals surface area contributed by atoms with Crippen LogP contribution in [0.3, 0.4) is 0 Å². The summed E-state index contributed by atoms with van der Waals surface area (Å²) in [4.78, 5) is 18.3. The molecule has 2 aliphatic rings. The Kier molecular flexibility index (Phi) is 3.88. The second-order valence-corrected chi connectivity index (χ2v) is 6.66. The molecule has 0 spiro atoms. The number of hydrogen-bond acceptors (Lipinski definition) is 5. The summed E-state index contributed by atoms with van der Waals surface area (Å²) in [7, 11) is 0. The molecular formula is C17H20FN3O3. The van der Waals surface area contributed by atoms with Gasteiger partial charge >= 0.3 is 0 Å². The maximum atomic E-state index is 13.2. The van der Waals surface area contributed by atoms with Crippen LogP contribution in [0.5, 0.6) is 0 Å². The maximum absolute atomic E-state index is 13.2. The molecule has 1 saturated carbocycles. The first-order valence-corrected chi connectivity index (χ1v) is 8.39. The number of rotatable bonds is 4. The fraction of sp³-hybridized carbons (Fsp3) is 0.529. The van der Waals surface area contributed by atoms with Gasteiger partial charge in [0.05, 0.1) is 0 Å². The highest BCUT2D eigenvalue weighted by atomic mass is 19.1. The summed E-state index contributed by atoms with van der Waals surface area (Å²) in [5.41, 5.74) is 1.05. The van der Waals surface area contributed by atoms with Crippen LogP contribution in [0.25, 0.3) is 11.1 Å². The molecule has 1 aromatic carbocycles. The normalized spacial score (nSPS) is 20.3. The largest absolute Gasteiger partial charge is 0.423 e. The van der Waals surface area contributed by atoms with Gasteiger partial charge in [-0.05, 0) is 43.7 Å². The first-order chi connectivity index (χ1) is 11.6. The van der Waals surface area contributed by atoms with Crippen LogP contribution in [-0.4, -0.2) is 41.2 Å². The molecule has 7 heteroatoms. The van der Waals surface area contributed by atoms with Crippen molar-refractivity contribution in [3.63, 3.8) is 0 Å². The third-order valence-electron chi connectivity index (χ3n) is 4.79. The Labute approximate surface area is 138 Å². The zero-order valence-corrected chi connectivity index (χ0v) is 13.2. The Balaban J connectivity index is 1.38. The molecule has 0 bridgehead atoms. The predicted octanol–water partition coefficient (Wildman–Crippen LogP) is 1.82. The maximum Gasteiger partial charge on any atom is 0.298 e. The van der Waals surface area contributed by atoms with Crippen molar-refractivity contribution in [1.29, 1.82) is 0 Å². The molecule has 24 heavy (non-hydrogen) atoms. The number of oxazole rings is 1. The number of benzene rings is 1. The van der Waals surface area contributed by atoms with Gasteiger partial charge in [0.25, 0.3) is 6.01 Å². The molecule has 128 valence electrons. The Morgan fingerprint density at radius 1 is 1.33 bits per heavy atom. The second-order valence-electron chi connectivity index (χ2n) is 6.66. The summed E-state index contributed by atoms with van der Waals surface area (Å²) >= 11 is 0. The van der Waals surface area contributed by atoms with Gasteiger partial charge < -0.3 is 19.7 Å². The number of carbonyl (C=O) groups excluding carboxylic acids is 1. The minimum absolute atomic E-state index is 0.0539. The van der Waals surface area contributed by atoms with Crippen molar-refractivity contribution in [3.8, 4) is 0 Å². The van der Waals surface area contributed by atoms with Gasteiger partial charge in [-0.25, -0.2) is 4.39 Å². The topological polar surface area (TPSA) is 78.6 Å². The first-order valence-electron chi connectivity index (χ1n) is 8.39. The number of aliphatic hydroxyl groups excluding tert-OH is 1. The fourth-order valence-electron chi connectivity index (χ4n) is 3.16. The van der Waals surface area contributed by atoms with Crippen LogP contribution < -0.4 is 10.2 Å². The van der Waals surface area contributed by atoms with E-state index in [0.717, 1.165) is 12.8 Å². The average molecular weight is 333 g/mol. The van der Waals surface area contributed by atoms with Crippen molar-refractivity contribution >= 4 is 23.0 Å². The molecule has 2 aromatic rings. The van der Waals surface area contributed by atoms with Crippen molar-refractivity contribution in [2.75, 3.05) is 18.0 Å². The van der Waals surface area contributed by atoms with Crippen LogP contribution in [0.1, 0.15) is 25.7 Å². The van der Waals surface area contributed by atoms with Crippen molar-refractivity contribution in [2.24, 2.45) is 5.92 Å². The minimum Gasteiger partial charge on any atom is -0.423 e. The van der Waals surface area contributed by atoms with Crippen molar-refractivity contribution in [3.05, 3.63) is 24.0 Å². The van der Waals surface area contributed by atoms with Crippen molar-refractivity contribution < 1.29 is 18.7 Å². The Morgan fingerprint density at radius 3 is 2.79 bits per heavy atom. The highest BCUT2D eigenvalue weighted by Crippen LogP contribution is 2.28. The number of carbonyl (C=O) groups is 1. The van der Waals surface area contributed by atoms with E-state index in [2.05, 4.69) is 10.3 Å². The van der Waals surface area contributed by atoms with E-state index >= 15 is 0 Å². The van der Waals surface area contributed by atoms with Crippen molar-refractivity contribution in [2.45, 2.75) is 37.8 Å². The second kappa shape index (κ2) is 6.05. The standard InChI is InChI=1S/C17H20FN3O3/c18-11-1-4-14-13(9-11)20-17(24-14)21-7-5-10(6-8-21)15(22)16(23)19-12-2-3-12/h1,4,9-10,12,15,22H,2-3,5-8H2,(H,19,23)/t15-/m0/s1. The molecule has 2 heterocycles. The van der Waals surface area contributed by atoms with E-state index in [0.29, 0.717) is 43.0 Å². The highest BCUT2D eigenvalue weighted by Gasteiger charge is 2.33. The van der Waals surface area contributed by atoms with Crippen LogP contribution >= 0.6 is 0 Å². The van der Waals surface area contributed by atoms with E-state index in [-0.39, 0.29) is 23.7 Å². The number of nitrogens with zero attached hydrogens (tertiary/aromatic N) is 2. The van der Waals surface area contributed by atoms with Gasteiger partial charge in [-0.3, -0.25) is 4.79 Å². The SMILES string of the molecule is O=C(NC1CC1)[C@@H](O)C1CCN(c2nc3cc(F)ccc3o2)CC1. The predicted molar refractivity (Wildman–Crippen MR) is 86.1 cm³/mol. The summed E-state index contributed by atoms with van der Waals surface area (Å²) in [5, 5.41) is 13.1. The molecule has 2 fully saturated rings. The summed E-state index contributed by atoms with van der Waals surface area (Å²) in [6, 6.07) is 4.98. The van der Waals surface area contributed by atoms with Gasteiger partial charge in [-0.2, -0.15) is 4.98 Å². The van der Waals surface area contributed by atoms with E-state index in [1.807, 2.05) is 4.90 Å². The van der Waals surface area contributed by atoms with Crippen LogP contribution in [-0.2, 0) is 4.79 Å². The van der Waals surface area contributed by atoms with Gasteiger partial charge in [0.15, 0.2) is 5.58 Å². The summed E-state index contributed by atoms with van der Waals surface area (Å²) in [5.74, 6) is -0.652. The molecule has 6 nitrogen and oxygen atoms in total. The smallest absolute Gasteiger partial charge is 0.298 e. The molecule has 1 aliphatic heterocycles. The van der Waals surface area contributed by atoms with E-state index in [1.165, 1.54) is 12.1 Å². The van der Waals surface area contributed by atoms with Crippen molar-refractivity contribution in [1.82, 2.24) is 10.3 Å². The lowest BCUT2D eigenvalue weighted by atomic mass is 9.91. The number of piperidine rings is 1. The number of hydrogen-bond donors (Lipinski definition) is 2. The van der Waals surface area contributed by atoms with Gasteiger partial charge in [0.1, 0.15) is 17.4 Å². The molecule has 0 unspecified atom stereocenters. The number of fused-ring (bicyclic) bond motifs is 1. The van der Waals surface area contributed by atoms with Crippen LogP contribution in [0, 0.1) is 11.7 Å². The van der Waals surface area contributed by atoms with E-state index in [9.17, 15) is 14.3 Å². The van der Waals surface area contributed by atoms with Gasteiger partial charge in [-0.15, -0.1) is 0 Å². The highest BCUT2D eigenvalue weighted by molar-refractivity contribution is 5.81. The first kappa shape index (κ1) is 15.4. The molecule has 1 aromatic heterocycles. The molecule has 1 saturated heterocycles. The van der Waals surface area contributed by atoms with Crippen LogP contribution in [0.2, 0.25) is 0 Å². The van der Waals surface area contributed by atoms with Gasteiger partial charge in [0.2, 0.25) is 5.91 Å². The summed E-state index contributed by atoms with van der Waals surface area (Å²) in [6.07, 6.45) is 2.44. The lowest BCUT2D eigenvalue weighted by Crippen LogP contribution is -2.45. The number of aliphatic hydroxyl groups is 1. The van der Waals surface area contributed by atoms with E-state index in [1.54, 1.807) is 6.07 Å². The monoisotopic (exact) mass is 333 g/mol. The van der Waals surface area contributed by atoms with Gasteiger partial charge in [0, 0.05) is 25.2 Å². The molecule has 1 aliphatic carbocycles. The third kappa shape index (κ3) is 3.08. The number of aromatic nitrogens is 1. The Hall–Kier alpha value is -2.15. The molecule has 2 N–H and O–H groups in total. The average Bonchev–Trinajstić information content (AvgIpc) is 3.30. The molecule has 4 rings (SSSR count). The lowest BCUT2D eigenvalue weighted by molar-refractivity contribution is -0.132. The summed E-state index contributed by atoms with van der Waals surface area (Å²) < 4.78 is 18.9. The number of anilines is 1. The molecule has 1 amide bonds. The number of halogens is 1. The van der Waals surface area contributed by atoms with Gasteiger partial charge in [-0.1, -0.05) is 0 Å². The molecule has 1 atom stereocenters. The lowest BCUT2D eigenvalue weighted by Gasteiger charge is -2.32. The molecular weight excluding hydrogens is 313 g/mol.